The van der Waals surface area contributed by atoms with E-state index in [2.05, 4.69) is 113 Å². The van der Waals surface area contributed by atoms with E-state index < -0.39 is 29.8 Å². The fraction of sp³-hybridized carbons (Fsp3) is 0.167. The third-order valence-electron chi connectivity index (χ3n) is 12.1. The second kappa shape index (κ2) is 17.9. The van der Waals surface area contributed by atoms with Crippen LogP contribution in [0.4, 0.5) is 0 Å². The molecule has 0 bridgehead atoms. The summed E-state index contributed by atoms with van der Waals surface area (Å²) in [5.74, 6) is 22.4. The van der Waals surface area contributed by atoms with Gasteiger partial charge in [-0.15, -0.1) is 0 Å². The first-order valence-electron chi connectivity index (χ1n) is 21.8. The van der Waals surface area contributed by atoms with Gasteiger partial charge in [-0.2, -0.15) is 0 Å². The van der Waals surface area contributed by atoms with Gasteiger partial charge in [0.1, 0.15) is 0 Å². The number of carboxylic acid groups (broad SMARTS) is 4. The van der Waals surface area contributed by atoms with Gasteiger partial charge in [0.2, 0.25) is 0 Å². The third kappa shape index (κ3) is 9.32. The van der Waals surface area contributed by atoms with E-state index in [0.717, 1.165) is 44.5 Å². The molecular formula is C60H44O8. The molecule has 0 saturated carbocycles. The summed E-state index contributed by atoms with van der Waals surface area (Å²) < 4.78 is 0. The third-order valence-corrected chi connectivity index (χ3v) is 12.1. The number of hydrogen-bond donors (Lipinski definition) is 4. The molecule has 0 fully saturated rings. The normalized spacial score (nSPS) is 15.6. The molecule has 0 radical (unpaired) electrons. The van der Waals surface area contributed by atoms with Crippen molar-refractivity contribution in [2.45, 2.75) is 58.8 Å². The minimum Gasteiger partial charge on any atom is -0.478 e. The Morgan fingerprint density at radius 3 is 1.29 bits per heavy atom. The molecule has 8 heteroatoms. The fourth-order valence-electron chi connectivity index (χ4n) is 8.29. The van der Waals surface area contributed by atoms with Crippen LogP contribution in [-0.2, 0) is 5.41 Å². The van der Waals surface area contributed by atoms with E-state index in [1.165, 1.54) is 48.5 Å². The molecule has 5 aromatic carbocycles. The first-order chi connectivity index (χ1) is 32.3. The molecule has 8 rings (SSSR count). The zero-order valence-corrected chi connectivity index (χ0v) is 38.1. The van der Waals surface area contributed by atoms with E-state index in [1.54, 1.807) is 48.5 Å². The Bertz CT molecular complexity index is 3390. The number of carboxylic acids is 4. The van der Waals surface area contributed by atoms with E-state index in [-0.39, 0.29) is 39.0 Å². The van der Waals surface area contributed by atoms with Crippen molar-refractivity contribution in [3.63, 3.8) is 0 Å². The molecule has 0 aliphatic heterocycles. The maximum atomic E-state index is 11.7. The first kappa shape index (κ1) is 45.7. The van der Waals surface area contributed by atoms with Crippen LogP contribution in [0.15, 0.2) is 149 Å². The quantitative estimate of drug-likeness (QED) is 0.130. The van der Waals surface area contributed by atoms with Crippen LogP contribution in [0, 0.1) is 52.8 Å². The topological polar surface area (TPSA) is 149 Å². The zero-order chi connectivity index (χ0) is 48.7. The average Bonchev–Trinajstić information content (AvgIpc) is 3.30. The SMILES string of the molecule is CC(C)(C)C1=CC2=C(C#Cc3ccc(C(=O)O)cc3)C(C#Cc3ccc(C(=O)O)cc3)c3cc(C(C)(C)C)cc4c3C2C(=C1)C(C#Cc1ccc(C(=O)O)cc1)=C4C#Cc1ccc(C(=O)O)cc1. The highest BCUT2D eigenvalue weighted by Crippen LogP contribution is 2.57. The molecule has 3 aliphatic carbocycles. The Balaban J connectivity index is 1.48. The van der Waals surface area contributed by atoms with Crippen LogP contribution >= 0.6 is 0 Å². The summed E-state index contributed by atoms with van der Waals surface area (Å²) in [7, 11) is 0. The molecule has 2 atom stereocenters. The van der Waals surface area contributed by atoms with Crippen molar-refractivity contribution in [2.75, 3.05) is 0 Å². The number of carbonyl (C=O) groups is 4. The summed E-state index contributed by atoms with van der Waals surface area (Å²) in [5, 5.41) is 38.5. The van der Waals surface area contributed by atoms with Crippen molar-refractivity contribution in [2.24, 2.45) is 5.41 Å². The molecule has 0 aromatic heterocycles. The van der Waals surface area contributed by atoms with Gasteiger partial charge in [0.05, 0.1) is 28.2 Å². The number of benzene rings is 5. The maximum Gasteiger partial charge on any atom is 0.335 e. The highest BCUT2D eigenvalue weighted by molar-refractivity contribution is 5.96. The number of hydrogen-bond acceptors (Lipinski definition) is 4. The Labute approximate surface area is 395 Å². The smallest absolute Gasteiger partial charge is 0.335 e. The Morgan fingerprint density at radius 1 is 0.471 bits per heavy atom. The average molecular weight is 893 g/mol. The molecule has 3 aliphatic rings. The molecule has 5 aromatic rings. The van der Waals surface area contributed by atoms with Gasteiger partial charge in [-0.1, -0.05) is 107 Å². The second-order valence-electron chi connectivity index (χ2n) is 18.8. The van der Waals surface area contributed by atoms with E-state index >= 15 is 0 Å². The minimum atomic E-state index is -1.05. The standard InChI is InChI=1S/C60H44O8/c1-59(2,3)43-31-49-45(27-15-35-7-19-39(20-8-35)55(61)62)47(29-17-37-11-23-41(24-12-37)57(65)66)51-33-44(60(4,5)6)34-52-48(30-18-38-13-25-42(26-14-38)58(67)68)46(50(32-43)53(49)54(51)52)28-16-36-9-21-40(22-10-36)56(63)64/h7-14,19-26,31-34,45,54H,1-6H3,(H,61,62)(H,63,64)(H,65,66)(H,67,68). The van der Waals surface area contributed by atoms with Crippen molar-refractivity contribution in [1.29, 1.82) is 0 Å². The lowest BCUT2D eigenvalue weighted by Gasteiger charge is -2.42. The van der Waals surface area contributed by atoms with Gasteiger partial charge in [0.15, 0.2) is 0 Å². The van der Waals surface area contributed by atoms with Crippen LogP contribution in [0.3, 0.4) is 0 Å². The fourth-order valence-corrected chi connectivity index (χ4v) is 8.29. The van der Waals surface area contributed by atoms with Crippen molar-refractivity contribution >= 4 is 29.5 Å². The van der Waals surface area contributed by atoms with Crippen LogP contribution in [0.1, 0.15) is 139 Å². The summed E-state index contributed by atoms with van der Waals surface area (Å²) >= 11 is 0. The molecule has 8 nitrogen and oxygen atoms in total. The molecule has 4 N–H and O–H groups in total. The van der Waals surface area contributed by atoms with E-state index in [0.29, 0.717) is 33.4 Å². The van der Waals surface area contributed by atoms with Crippen LogP contribution in [0.5, 0.6) is 0 Å². The van der Waals surface area contributed by atoms with Gasteiger partial charge in [-0.3, -0.25) is 0 Å². The molecule has 2 unspecified atom stereocenters. The van der Waals surface area contributed by atoms with Crippen molar-refractivity contribution < 1.29 is 39.6 Å². The molecule has 68 heavy (non-hydrogen) atoms. The molecule has 0 heterocycles. The monoisotopic (exact) mass is 892 g/mol. The summed E-state index contributed by atoms with van der Waals surface area (Å²) in [4.78, 5) is 47.0. The van der Waals surface area contributed by atoms with Gasteiger partial charge >= 0.3 is 23.9 Å². The highest BCUT2D eigenvalue weighted by atomic mass is 16.4. The molecular weight excluding hydrogens is 849 g/mol. The van der Waals surface area contributed by atoms with Crippen LogP contribution < -0.4 is 0 Å². The van der Waals surface area contributed by atoms with Crippen molar-refractivity contribution in [3.05, 3.63) is 216 Å². The number of allylic oxidation sites excluding steroid dienone is 8. The summed E-state index contributed by atoms with van der Waals surface area (Å²) in [6.45, 7) is 12.8. The first-order valence-corrected chi connectivity index (χ1v) is 21.8. The van der Waals surface area contributed by atoms with E-state index in [9.17, 15) is 39.6 Å². The molecule has 0 spiro atoms. The Hall–Kier alpha value is -8.82. The van der Waals surface area contributed by atoms with Gasteiger partial charge in [0.25, 0.3) is 0 Å². The number of rotatable bonds is 4. The van der Waals surface area contributed by atoms with Gasteiger partial charge in [-0.25, -0.2) is 19.2 Å². The second-order valence-corrected chi connectivity index (χ2v) is 18.8. The van der Waals surface area contributed by atoms with Crippen LogP contribution in [0.25, 0.3) is 5.57 Å². The zero-order valence-electron chi connectivity index (χ0n) is 38.1. The summed E-state index contributed by atoms with van der Waals surface area (Å²) in [5.41, 5.74) is 10.9. The lowest BCUT2D eigenvalue weighted by Crippen LogP contribution is -2.28. The van der Waals surface area contributed by atoms with Gasteiger partial charge < -0.3 is 20.4 Å². The Kier molecular flexibility index (Phi) is 12.0. The molecule has 332 valence electrons. The highest BCUT2D eigenvalue weighted by Gasteiger charge is 2.44. The molecule has 0 saturated heterocycles. The van der Waals surface area contributed by atoms with Crippen LogP contribution in [0.2, 0.25) is 0 Å². The summed E-state index contributed by atoms with van der Waals surface area (Å²) in [6, 6.07) is 30.0. The van der Waals surface area contributed by atoms with Crippen molar-refractivity contribution in [3.8, 4) is 47.4 Å². The lowest BCUT2D eigenvalue weighted by molar-refractivity contribution is 0.0686. The van der Waals surface area contributed by atoms with Gasteiger partial charge in [-0.05, 0) is 153 Å². The van der Waals surface area contributed by atoms with Crippen molar-refractivity contribution in [1.82, 2.24) is 0 Å². The van der Waals surface area contributed by atoms with Crippen LogP contribution in [-0.4, -0.2) is 44.3 Å². The predicted molar refractivity (Wildman–Crippen MR) is 261 cm³/mol. The predicted octanol–water partition coefficient (Wildman–Crippen LogP) is 11.1. The Morgan fingerprint density at radius 2 is 0.882 bits per heavy atom. The van der Waals surface area contributed by atoms with E-state index in [1.807, 2.05) is 0 Å². The lowest BCUT2D eigenvalue weighted by atomic mass is 9.60. The maximum absolute atomic E-state index is 11.7. The molecule has 0 amide bonds. The summed E-state index contributed by atoms with van der Waals surface area (Å²) in [6.07, 6.45) is 4.38. The minimum absolute atomic E-state index is 0.136. The van der Waals surface area contributed by atoms with E-state index in [4.69, 9.17) is 0 Å². The number of aromatic carboxylic acids is 4. The van der Waals surface area contributed by atoms with Gasteiger partial charge in [0, 0.05) is 44.9 Å². The largest absolute Gasteiger partial charge is 0.478 e.